The lowest BCUT2D eigenvalue weighted by atomic mass is 9.84. The first-order valence-electron chi connectivity index (χ1n) is 7.46. The Bertz CT molecular complexity index is 656. The number of hydrogen-bond acceptors (Lipinski definition) is 3. The molecule has 0 saturated heterocycles. The van der Waals surface area contributed by atoms with Crippen LogP contribution in [-0.2, 0) is 4.18 Å². The van der Waals surface area contributed by atoms with Crippen LogP contribution >= 0.6 is 34.6 Å². The second-order valence-corrected chi connectivity index (χ2v) is 8.12. The van der Waals surface area contributed by atoms with E-state index < -0.39 is 0 Å². The van der Waals surface area contributed by atoms with Gasteiger partial charge >= 0.3 is 0 Å². The molecule has 0 amide bonds. The molecule has 0 aliphatic carbocycles. The Kier molecular flexibility index (Phi) is 6.56. The topological polar surface area (TPSA) is 21.3 Å². The summed E-state index contributed by atoms with van der Waals surface area (Å²) < 4.78 is 6.97. The number of nitrogens with one attached hydrogen (secondary N) is 1. The Labute approximate surface area is 157 Å². The highest BCUT2D eigenvalue weighted by Gasteiger charge is 2.24. The van der Waals surface area contributed by atoms with Gasteiger partial charge in [0.15, 0.2) is 0 Å². The highest BCUT2D eigenvalue weighted by atomic mass is 127. The fraction of sp³-hybridized carbons (Fsp3) is 0.263. The molecule has 1 heterocycles. The van der Waals surface area contributed by atoms with Gasteiger partial charge < -0.3 is 9.50 Å². The van der Waals surface area contributed by atoms with Gasteiger partial charge in [0.2, 0.25) is 0 Å². The molecule has 1 aromatic rings. The van der Waals surface area contributed by atoms with Crippen LogP contribution in [0.5, 0.6) is 0 Å². The Morgan fingerprint density at radius 1 is 1.30 bits per heavy atom. The van der Waals surface area contributed by atoms with E-state index in [-0.39, 0.29) is 5.41 Å². The lowest BCUT2D eigenvalue weighted by Crippen LogP contribution is -2.23. The largest absolute Gasteiger partial charge is 0.361 e. The quantitative estimate of drug-likeness (QED) is 0.439. The summed E-state index contributed by atoms with van der Waals surface area (Å²) in [6, 6.07) is 8.37. The summed E-state index contributed by atoms with van der Waals surface area (Å²) in [5.74, 6) is 0. The first-order valence-corrected chi connectivity index (χ1v) is 9.28. The number of allylic oxidation sites excluding steroid dienone is 4. The second-order valence-electron chi connectivity index (χ2n) is 6.09. The summed E-state index contributed by atoms with van der Waals surface area (Å²) in [7, 11) is 0. The van der Waals surface area contributed by atoms with Gasteiger partial charge in [0.25, 0.3) is 0 Å². The Morgan fingerprint density at radius 2 is 2.00 bits per heavy atom. The molecule has 0 fully saturated rings. The summed E-state index contributed by atoms with van der Waals surface area (Å²) in [5.41, 5.74) is 3.50. The summed E-state index contributed by atoms with van der Waals surface area (Å²) in [6.45, 7) is 10.9. The molecule has 23 heavy (non-hydrogen) atoms. The molecule has 0 aromatic heterocycles. The van der Waals surface area contributed by atoms with Crippen LogP contribution in [0.2, 0.25) is 0 Å². The molecule has 1 aromatic carbocycles. The zero-order valence-corrected chi connectivity index (χ0v) is 16.7. The zero-order valence-electron chi connectivity index (χ0n) is 13.7. The van der Waals surface area contributed by atoms with Gasteiger partial charge in [-0.25, -0.2) is 0 Å². The van der Waals surface area contributed by atoms with Crippen LogP contribution in [0.15, 0.2) is 75.0 Å². The van der Waals surface area contributed by atoms with E-state index in [4.69, 9.17) is 4.18 Å². The molecule has 0 spiro atoms. The van der Waals surface area contributed by atoms with Crippen molar-refractivity contribution in [3.8, 4) is 0 Å². The lowest BCUT2D eigenvalue weighted by Gasteiger charge is -2.27. The van der Waals surface area contributed by atoms with Crippen molar-refractivity contribution >= 4 is 34.6 Å². The van der Waals surface area contributed by atoms with E-state index in [9.17, 15) is 0 Å². The van der Waals surface area contributed by atoms with Crippen molar-refractivity contribution in [2.24, 2.45) is 5.41 Å². The number of benzene rings is 1. The van der Waals surface area contributed by atoms with Gasteiger partial charge in [-0.2, -0.15) is 0 Å². The average molecular weight is 439 g/mol. The molecule has 0 radical (unpaired) electrons. The van der Waals surface area contributed by atoms with Crippen molar-refractivity contribution in [2.45, 2.75) is 25.7 Å². The maximum Gasteiger partial charge on any atom is 0.0710 e. The van der Waals surface area contributed by atoms with Crippen molar-refractivity contribution < 1.29 is 4.18 Å². The molecule has 0 bridgehead atoms. The van der Waals surface area contributed by atoms with Gasteiger partial charge in [0.05, 0.1) is 12.3 Å². The van der Waals surface area contributed by atoms with Gasteiger partial charge in [-0.3, -0.25) is 0 Å². The van der Waals surface area contributed by atoms with Crippen molar-refractivity contribution in [1.29, 1.82) is 0 Å². The number of rotatable bonds is 6. The number of halogens is 1. The van der Waals surface area contributed by atoms with Crippen LogP contribution in [0.4, 0.5) is 0 Å². The molecule has 0 atom stereocenters. The average Bonchev–Trinajstić information content (AvgIpc) is 2.56. The predicted molar refractivity (Wildman–Crippen MR) is 108 cm³/mol. The summed E-state index contributed by atoms with van der Waals surface area (Å²) in [6.07, 6.45) is 8.14. The highest BCUT2D eigenvalue weighted by molar-refractivity contribution is 14.1. The molecular formula is C19H22INOS. The minimum atomic E-state index is -0.0632. The van der Waals surface area contributed by atoms with E-state index in [0.717, 1.165) is 14.2 Å². The van der Waals surface area contributed by atoms with Crippen LogP contribution in [-0.4, -0.2) is 6.61 Å². The normalized spacial score (nSPS) is 16.6. The van der Waals surface area contributed by atoms with Crippen molar-refractivity contribution in [3.63, 3.8) is 0 Å². The van der Waals surface area contributed by atoms with Gasteiger partial charge in [-0.1, -0.05) is 50.3 Å². The van der Waals surface area contributed by atoms with E-state index in [1.165, 1.54) is 23.2 Å². The van der Waals surface area contributed by atoms with Crippen LogP contribution in [0.1, 0.15) is 19.4 Å². The van der Waals surface area contributed by atoms with E-state index in [0.29, 0.717) is 6.61 Å². The molecule has 0 unspecified atom stereocenters. The minimum Gasteiger partial charge on any atom is -0.361 e. The maximum atomic E-state index is 5.86. The van der Waals surface area contributed by atoms with Crippen LogP contribution in [0.25, 0.3) is 0 Å². The molecule has 4 heteroatoms. The predicted octanol–water partition coefficient (Wildman–Crippen LogP) is 5.92. The standard InChI is InChI=1S/C19H22INOS/c1-5-17(20)18-11-8-15(12-21-18)19(3,4)13-22-23-16-9-6-14(2)7-10-16/h5-12,21H,1,13H2,2-4H3/b18-17+. The second kappa shape index (κ2) is 8.22. The summed E-state index contributed by atoms with van der Waals surface area (Å²) >= 11 is 3.71. The molecular weight excluding hydrogens is 417 g/mol. The Hall–Kier alpha value is -0.980. The maximum absolute atomic E-state index is 5.86. The van der Waals surface area contributed by atoms with E-state index in [1.807, 2.05) is 6.08 Å². The smallest absolute Gasteiger partial charge is 0.0710 e. The van der Waals surface area contributed by atoms with E-state index >= 15 is 0 Å². The lowest BCUT2D eigenvalue weighted by molar-refractivity contribution is 0.246. The van der Waals surface area contributed by atoms with Gasteiger partial charge in [0, 0.05) is 32.1 Å². The monoisotopic (exact) mass is 439 g/mol. The SMILES string of the molecule is C=C/C(I)=C1/C=CC(C(C)(C)COSc2ccc(C)cc2)=CN1. The minimum absolute atomic E-state index is 0.0632. The van der Waals surface area contributed by atoms with Crippen molar-refractivity contribution in [1.82, 2.24) is 5.32 Å². The zero-order chi connectivity index (χ0) is 16.9. The van der Waals surface area contributed by atoms with Crippen LogP contribution in [0, 0.1) is 12.3 Å². The van der Waals surface area contributed by atoms with Crippen molar-refractivity contribution in [3.05, 3.63) is 75.7 Å². The highest BCUT2D eigenvalue weighted by Crippen LogP contribution is 2.32. The number of hydrogen-bond donors (Lipinski definition) is 1. The molecule has 0 saturated carbocycles. The Morgan fingerprint density at radius 3 is 2.57 bits per heavy atom. The third-order valence-corrected chi connectivity index (χ3v) is 5.35. The number of dihydropyridines is 1. The number of aryl methyl sites for hydroxylation is 1. The van der Waals surface area contributed by atoms with E-state index in [2.05, 4.69) is 97.9 Å². The third kappa shape index (κ3) is 5.26. The molecule has 1 aliphatic rings. The fourth-order valence-corrected chi connectivity index (χ4v) is 3.10. The molecule has 1 N–H and O–H groups in total. The van der Waals surface area contributed by atoms with Gasteiger partial charge in [-0.15, -0.1) is 0 Å². The van der Waals surface area contributed by atoms with Gasteiger partial charge in [0.1, 0.15) is 0 Å². The molecule has 1 aliphatic heterocycles. The fourth-order valence-electron chi connectivity index (χ4n) is 2.03. The van der Waals surface area contributed by atoms with Crippen LogP contribution in [0.3, 0.4) is 0 Å². The Balaban J connectivity index is 1.92. The molecule has 122 valence electrons. The third-order valence-electron chi connectivity index (χ3n) is 3.63. The first kappa shape index (κ1) is 18.4. The van der Waals surface area contributed by atoms with Gasteiger partial charge in [-0.05, 0) is 53.3 Å². The van der Waals surface area contributed by atoms with Crippen LogP contribution < -0.4 is 5.32 Å². The summed E-state index contributed by atoms with van der Waals surface area (Å²) in [5, 5.41) is 3.33. The molecule has 2 rings (SSSR count). The summed E-state index contributed by atoms with van der Waals surface area (Å²) in [4.78, 5) is 1.13. The van der Waals surface area contributed by atoms with Crippen molar-refractivity contribution in [2.75, 3.05) is 6.61 Å². The van der Waals surface area contributed by atoms with E-state index in [1.54, 1.807) is 0 Å². The molecule has 2 nitrogen and oxygen atoms in total. The first-order chi connectivity index (χ1) is 10.9.